The topological polar surface area (TPSA) is 75.4 Å². The SMILES string of the molecule is CC(C)CN(CC(N)=O)C(=O)C1CNC1.Cl. The van der Waals surface area contributed by atoms with Crippen molar-refractivity contribution in [1.82, 2.24) is 10.2 Å². The molecule has 1 heterocycles. The minimum absolute atomic E-state index is 0. The Bertz CT molecular complexity index is 254. The lowest BCUT2D eigenvalue weighted by Gasteiger charge is -2.32. The summed E-state index contributed by atoms with van der Waals surface area (Å²) in [4.78, 5) is 24.3. The molecule has 16 heavy (non-hydrogen) atoms. The van der Waals surface area contributed by atoms with Crippen molar-refractivity contribution in [2.45, 2.75) is 13.8 Å². The van der Waals surface area contributed by atoms with Gasteiger partial charge in [0.05, 0.1) is 12.5 Å². The van der Waals surface area contributed by atoms with Crippen LogP contribution in [0.1, 0.15) is 13.8 Å². The summed E-state index contributed by atoms with van der Waals surface area (Å²) in [5.41, 5.74) is 5.12. The van der Waals surface area contributed by atoms with Crippen molar-refractivity contribution in [3.05, 3.63) is 0 Å². The Morgan fingerprint density at radius 2 is 2.00 bits per heavy atom. The molecule has 1 aliphatic rings. The summed E-state index contributed by atoms with van der Waals surface area (Å²) in [7, 11) is 0. The molecule has 0 atom stereocenters. The van der Waals surface area contributed by atoms with E-state index in [1.54, 1.807) is 4.90 Å². The number of hydrogen-bond donors (Lipinski definition) is 2. The molecule has 0 aromatic heterocycles. The van der Waals surface area contributed by atoms with Gasteiger partial charge in [-0.2, -0.15) is 0 Å². The van der Waals surface area contributed by atoms with E-state index in [4.69, 9.17) is 5.73 Å². The van der Waals surface area contributed by atoms with E-state index in [0.717, 1.165) is 0 Å². The maximum atomic E-state index is 11.9. The van der Waals surface area contributed by atoms with Gasteiger partial charge in [-0.05, 0) is 5.92 Å². The highest BCUT2D eigenvalue weighted by Crippen LogP contribution is 2.10. The van der Waals surface area contributed by atoms with Gasteiger partial charge in [0.15, 0.2) is 0 Å². The van der Waals surface area contributed by atoms with E-state index in [9.17, 15) is 9.59 Å². The van der Waals surface area contributed by atoms with Gasteiger partial charge in [0.25, 0.3) is 0 Å². The van der Waals surface area contributed by atoms with Crippen LogP contribution in [-0.2, 0) is 9.59 Å². The fourth-order valence-corrected chi connectivity index (χ4v) is 1.58. The predicted molar refractivity (Wildman–Crippen MR) is 64.2 cm³/mol. The lowest BCUT2D eigenvalue weighted by Crippen LogP contribution is -2.54. The summed E-state index contributed by atoms with van der Waals surface area (Å²) in [6, 6.07) is 0. The number of carbonyl (C=O) groups is 2. The number of rotatable bonds is 5. The van der Waals surface area contributed by atoms with Crippen molar-refractivity contribution in [2.24, 2.45) is 17.6 Å². The van der Waals surface area contributed by atoms with Gasteiger partial charge in [-0.15, -0.1) is 12.4 Å². The van der Waals surface area contributed by atoms with Crippen LogP contribution in [0.4, 0.5) is 0 Å². The lowest BCUT2D eigenvalue weighted by atomic mass is 10.0. The fraction of sp³-hybridized carbons (Fsp3) is 0.800. The average Bonchev–Trinajstić information content (AvgIpc) is 1.97. The first-order chi connectivity index (χ1) is 7.00. The highest BCUT2D eigenvalue weighted by atomic mass is 35.5. The van der Waals surface area contributed by atoms with Crippen LogP contribution < -0.4 is 11.1 Å². The van der Waals surface area contributed by atoms with E-state index in [0.29, 0.717) is 25.6 Å². The Morgan fingerprint density at radius 1 is 1.44 bits per heavy atom. The number of primary amides is 1. The second-order valence-corrected chi connectivity index (χ2v) is 4.43. The van der Waals surface area contributed by atoms with Gasteiger partial charge in [0, 0.05) is 19.6 Å². The zero-order valence-electron chi connectivity index (χ0n) is 9.73. The molecular weight excluding hydrogens is 230 g/mol. The molecule has 1 rings (SSSR count). The zero-order valence-corrected chi connectivity index (χ0v) is 10.5. The first-order valence-corrected chi connectivity index (χ1v) is 5.28. The molecule has 0 bridgehead atoms. The van der Waals surface area contributed by atoms with E-state index in [2.05, 4.69) is 5.32 Å². The van der Waals surface area contributed by atoms with E-state index in [-0.39, 0.29) is 30.8 Å². The molecule has 6 heteroatoms. The third-order valence-corrected chi connectivity index (χ3v) is 2.37. The summed E-state index contributed by atoms with van der Waals surface area (Å²) < 4.78 is 0. The highest BCUT2D eigenvalue weighted by molar-refractivity contribution is 5.86. The zero-order chi connectivity index (χ0) is 11.4. The normalized spacial score (nSPS) is 15.2. The van der Waals surface area contributed by atoms with Crippen LogP contribution in [-0.4, -0.2) is 42.9 Å². The number of nitrogens with two attached hydrogens (primary N) is 1. The Kier molecular flexibility index (Phi) is 6.36. The summed E-state index contributed by atoms with van der Waals surface area (Å²) in [5.74, 6) is -0.0260. The highest BCUT2D eigenvalue weighted by Gasteiger charge is 2.29. The Morgan fingerprint density at radius 3 is 2.31 bits per heavy atom. The molecule has 0 unspecified atom stereocenters. The summed E-state index contributed by atoms with van der Waals surface area (Å²) in [6.07, 6.45) is 0. The van der Waals surface area contributed by atoms with Crippen molar-refractivity contribution in [3.63, 3.8) is 0 Å². The van der Waals surface area contributed by atoms with E-state index >= 15 is 0 Å². The molecule has 1 saturated heterocycles. The number of hydrogen-bond acceptors (Lipinski definition) is 3. The molecule has 0 aliphatic carbocycles. The molecule has 0 aromatic carbocycles. The van der Waals surface area contributed by atoms with Crippen LogP contribution in [0.25, 0.3) is 0 Å². The third-order valence-electron chi connectivity index (χ3n) is 2.37. The maximum Gasteiger partial charge on any atom is 0.237 e. The number of carbonyl (C=O) groups excluding carboxylic acids is 2. The first kappa shape index (κ1) is 15.2. The predicted octanol–water partition coefficient (Wildman–Crippen LogP) is -0.402. The number of nitrogens with one attached hydrogen (secondary N) is 1. The van der Waals surface area contributed by atoms with Gasteiger partial charge in [-0.1, -0.05) is 13.8 Å². The van der Waals surface area contributed by atoms with Crippen molar-refractivity contribution >= 4 is 24.2 Å². The van der Waals surface area contributed by atoms with Crippen LogP contribution in [0.3, 0.4) is 0 Å². The van der Waals surface area contributed by atoms with Crippen molar-refractivity contribution in [2.75, 3.05) is 26.2 Å². The molecule has 0 spiro atoms. The Balaban J connectivity index is 0.00000225. The molecule has 3 N–H and O–H groups in total. The fourth-order valence-electron chi connectivity index (χ4n) is 1.58. The second-order valence-electron chi connectivity index (χ2n) is 4.43. The molecular formula is C10H20ClN3O2. The Labute approximate surface area is 102 Å². The van der Waals surface area contributed by atoms with Gasteiger partial charge < -0.3 is 16.0 Å². The van der Waals surface area contributed by atoms with Crippen LogP contribution in [0.2, 0.25) is 0 Å². The lowest BCUT2D eigenvalue weighted by molar-refractivity contribution is -0.140. The van der Waals surface area contributed by atoms with Crippen molar-refractivity contribution in [3.8, 4) is 0 Å². The minimum atomic E-state index is -0.448. The third kappa shape index (κ3) is 4.37. The molecule has 0 aromatic rings. The van der Waals surface area contributed by atoms with Crippen LogP contribution >= 0.6 is 12.4 Å². The first-order valence-electron chi connectivity index (χ1n) is 5.28. The van der Waals surface area contributed by atoms with Gasteiger partial charge in [-0.3, -0.25) is 9.59 Å². The quantitative estimate of drug-likeness (QED) is 0.696. The maximum absolute atomic E-state index is 11.9. The van der Waals surface area contributed by atoms with Gasteiger partial charge in [0.2, 0.25) is 11.8 Å². The summed E-state index contributed by atoms with van der Waals surface area (Å²) >= 11 is 0. The number of halogens is 1. The second kappa shape index (κ2) is 6.70. The molecule has 0 radical (unpaired) electrons. The van der Waals surface area contributed by atoms with Crippen molar-refractivity contribution < 1.29 is 9.59 Å². The Hall–Kier alpha value is -0.810. The van der Waals surface area contributed by atoms with Gasteiger partial charge >= 0.3 is 0 Å². The molecule has 5 nitrogen and oxygen atoms in total. The van der Waals surface area contributed by atoms with E-state index < -0.39 is 5.91 Å². The van der Waals surface area contributed by atoms with E-state index in [1.807, 2.05) is 13.8 Å². The molecule has 1 aliphatic heterocycles. The molecule has 0 saturated carbocycles. The average molecular weight is 250 g/mol. The van der Waals surface area contributed by atoms with Crippen LogP contribution in [0, 0.1) is 11.8 Å². The van der Waals surface area contributed by atoms with Crippen molar-refractivity contribution in [1.29, 1.82) is 0 Å². The van der Waals surface area contributed by atoms with E-state index in [1.165, 1.54) is 0 Å². The largest absolute Gasteiger partial charge is 0.368 e. The van der Waals surface area contributed by atoms with Gasteiger partial charge in [0.1, 0.15) is 0 Å². The number of amides is 2. The minimum Gasteiger partial charge on any atom is -0.368 e. The summed E-state index contributed by atoms with van der Waals surface area (Å²) in [6.45, 7) is 6.09. The smallest absolute Gasteiger partial charge is 0.237 e. The molecule has 2 amide bonds. The number of nitrogens with zero attached hydrogens (tertiary/aromatic N) is 1. The molecule has 94 valence electrons. The standard InChI is InChI=1S/C10H19N3O2.ClH/c1-7(2)5-13(6-9(11)14)10(15)8-3-12-4-8;/h7-8,12H,3-6H2,1-2H3,(H2,11,14);1H. The van der Waals surface area contributed by atoms with Gasteiger partial charge in [-0.25, -0.2) is 0 Å². The monoisotopic (exact) mass is 249 g/mol. The summed E-state index contributed by atoms with van der Waals surface area (Å²) in [5, 5.41) is 3.04. The van der Waals surface area contributed by atoms with Crippen LogP contribution in [0.15, 0.2) is 0 Å². The van der Waals surface area contributed by atoms with Crippen LogP contribution in [0.5, 0.6) is 0 Å². The molecule has 1 fully saturated rings.